The van der Waals surface area contributed by atoms with Crippen LogP contribution in [0.5, 0.6) is 0 Å². The zero-order valence-electron chi connectivity index (χ0n) is 9.83. The van der Waals surface area contributed by atoms with Gasteiger partial charge in [-0.05, 0) is 12.8 Å². The molecule has 0 aliphatic heterocycles. The Balaban J connectivity index is 2.04. The lowest BCUT2D eigenvalue weighted by Gasteiger charge is -2.22. The van der Waals surface area contributed by atoms with Crippen LogP contribution in [0, 0.1) is 5.92 Å². The summed E-state index contributed by atoms with van der Waals surface area (Å²) in [5, 5.41) is 12.0. The molecule has 2 rings (SSSR count). The van der Waals surface area contributed by atoms with Crippen molar-refractivity contribution in [3.63, 3.8) is 0 Å². The van der Waals surface area contributed by atoms with Crippen molar-refractivity contribution in [2.45, 2.75) is 38.1 Å². The molecule has 1 aromatic rings. The van der Waals surface area contributed by atoms with Crippen LogP contribution in [-0.2, 0) is 4.79 Å². The Morgan fingerprint density at radius 3 is 2.78 bits per heavy atom. The summed E-state index contributed by atoms with van der Waals surface area (Å²) < 4.78 is 7.61. The number of carbonyl (C=O) groups excluding carboxylic acids is 1. The van der Waals surface area contributed by atoms with Crippen molar-refractivity contribution in [3.8, 4) is 0 Å². The minimum absolute atomic E-state index is 0.258. The number of carboxylic acids is 1. The number of aliphatic carboxylic acids is 1. The first-order valence-corrected chi connectivity index (χ1v) is 6.72. The summed E-state index contributed by atoms with van der Waals surface area (Å²) in [6.07, 6.45) is 5.60. The zero-order chi connectivity index (χ0) is 13.0. The van der Waals surface area contributed by atoms with E-state index in [0.29, 0.717) is 12.8 Å². The van der Waals surface area contributed by atoms with Gasteiger partial charge in [0.2, 0.25) is 0 Å². The second kappa shape index (κ2) is 5.90. The first kappa shape index (κ1) is 12.9. The number of carbonyl (C=O) groups is 2. The van der Waals surface area contributed by atoms with Crippen LogP contribution in [0.4, 0.5) is 0 Å². The van der Waals surface area contributed by atoms with Crippen LogP contribution in [-0.4, -0.2) is 31.8 Å². The fourth-order valence-electron chi connectivity index (χ4n) is 2.28. The maximum Gasteiger partial charge on any atom is 0.308 e. The van der Waals surface area contributed by atoms with E-state index < -0.39 is 11.9 Å². The lowest BCUT2D eigenvalue weighted by Crippen LogP contribution is -2.42. The SMILES string of the molecule is O=C(NC1CCCCCC1C(=O)O)c1cnsn1. The van der Waals surface area contributed by atoms with Gasteiger partial charge in [0.05, 0.1) is 23.8 Å². The van der Waals surface area contributed by atoms with Gasteiger partial charge in [-0.25, -0.2) is 0 Å². The molecular weight excluding hydrogens is 254 g/mol. The highest BCUT2D eigenvalue weighted by atomic mass is 32.1. The van der Waals surface area contributed by atoms with Crippen molar-refractivity contribution in [1.82, 2.24) is 14.1 Å². The fourth-order valence-corrected chi connectivity index (χ4v) is 2.70. The van der Waals surface area contributed by atoms with Crippen molar-refractivity contribution in [2.24, 2.45) is 5.92 Å². The fraction of sp³-hybridized carbons (Fsp3) is 0.636. The Morgan fingerprint density at radius 1 is 1.33 bits per heavy atom. The van der Waals surface area contributed by atoms with Crippen molar-refractivity contribution in [3.05, 3.63) is 11.9 Å². The van der Waals surface area contributed by atoms with Crippen LogP contribution in [0.25, 0.3) is 0 Å². The van der Waals surface area contributed by atoms with Crippen LogP contribution in [0.15, 0.2) is 6.20 Å². The molecule has 0 radical (unpaired) electrons. The van der Waals surface area contributed by atoms with Crippen molar-refractivity contribution >= 4 is 23.6 Å². The van der Waals surface area contributed by atoms with Crippen LogP contribution >= 0.6 is 11.7 Å². The van der Waals surface area contributed by atoms with E-state index in [0.717, 1.165) is 31.0 Å². The molecule has 1 saturated carbocycles. The number of nitrogens with zero attached hydrogens (tertiary/aromatic N) is 2. The third-order valence-corrected chi connectivity index (χ3v) is 3.72. The third-order valence-electron chi connectivity index (χ3n) is 3.24. The zero-order valence-corrected chi connectivity index (χ0v) is 10.7. The van der Waals surface area contributed by atoms with Gasteiger partial charge in [-0.2, -0.15) is 8.75 Å². The highest BCUT2D eigenvalue weighted by molar-refractivity contribution is 6.99. The number of hydrogen-bond donors (Lipinski definition) is 2. The number of rotatable bonds is 3. The van der Waals surface area contributed by atoms with E-state index in [1.54, 1.807) is 0 Å². The van der Waals surface area contributed by atoms with Crippen molar-refractivity contribution < 1.29 is 14.7 Å². The first-order chi connectivity index (χ1) is 8.68. The summed E-state index contributed by atoms with van der Waals surface area (Å²) in [7, 11) is 0. The molecule has 1 aliphatic rings. The van der Waals surface area contributed by atoms with Crippen LogP contribution in [0.2, 0.25) is 0 Å². The summed E-state index contributed by atoms with van der Waals surface area (Å²) in [5.74, 6) is -1.66. The van der Waals surface area contributed by atoms with E-state index in [4.69, 9.17) is 0 Å². The summed E-state index contributed by atoms with van der Waals surface area (Å²) in [6, 6.07) is -0.306. The molecule has 1 amide bonds. The molecule has 0 bridgehead atoms. The minimum atomic E-state index is -0.835. The molecule has 1 aromatic heterocycles. The standard InChI is InChI=1S/C11H15N3O3S/c15-10(9-6-12-18-14-9)13-8-5-3-1-2-4-7(8)11(16)17/h6-8H,1-5H2,(H,13,15)(H,16,17). The molecule has 0 spiro atoms. The maximum absolute atomic E-state index is 11.9. The van der Waals surface area contributed by atoms with Gasteiger partial charge in [-0.1, -0.05) is 19.3 Å². The Bertz CT molecular complexity index is 421. The normalized spacial score (nSPS) is 24.2. The quantitative estimate of drug-likeness (QED) is 0.807. The molecule has 0 aromatic carbocycles. The highest BCUT2D eigenvalue weighted by Crippen LogP contribution is 2.24. The van der Waals surface area contributed by atoms with Gasteiger partial charge in [0, 0.05) is 6.04 Å². The minimum Gasteiger partial charge on any atom is -0.481 e. The number of amides is 1. The van der Waals surface area contributed by atoms with E-state index in [1.165, 1.54) is 6.20 Å². The molecule has 2 N–H and O–H groups in total. The van der Waals surface area contributed by atoms with Gasteiger partial charge < -0.3 is 10.4 Å². The Morgan fingerprint density at radius 2 is 2.11 bits per heavy atom. The van der Waals surface area contributed by atoms with E-state index in [2.05, 4.69) is 14.1 Å². The molecule has 18 heavy (non-hydrogen) atoms. The molecule has 7 heteroatoms. The molecule has 1 heterocycles. The first-order valence-electron chi connectivity index (χ1n) is 5.99. The molecule has 1 fully saturated rings. The van der Waals surface area contributed by atoms with E-state index >= 15 is 0 Å². The van der Waals surface area contributed by atoms with Gasteiger partial charge in [0.15, 0.2) is 5.69 Å². The molecule has 2 unspecified atom stereocenters. The van der Waals surface area contributed by atoms with Crippen LogP contribution in [0.3, 0.4) is 0 Å². The lowest BCUT2D eigenvalue weighted by atomic mass is 9.95. The number of hydrogen-bond acceptors (Lipinski definition) is 5. The third kappa shape index (κ3) is 3.04. The molecule has 6 nitrogen and oxygen atoms in total. The van der Waals surface area contributed by atoms with Gasteiger partial charge >= 0.3 is 5.97 Å². The van der Waals surface area contributed by atoms with Gasteiger partial charge in [-0.15, -0.1) is 0 Å². The van der Waals surface area contributed by atoms with E-state index in [1.807, 2.05) is 0 Å². The number of nitrogens with one attached hydrogen (secondary N) is 1. The molecule has 1 aliphatic carbocycles. The second-order valence-electron chi connectivity index (χ2n) is 4.46. The van der Waals surface area contributed by atoms with E-state index in [-0.39, 0.29) is 17.6 Å². The topological polar surface area (TPSA) is 92.2 Å². The predicted molar refractivity (Wildman–Crippen MR) is 65.4 cm³/mol. The number of aromatic nitrogens is 2. The molecule has 98 valence electrons. The predicted octanol–water partition coefficient (Wildman–Crippen LogP) is 1.30. The highest BCUT2D eigenvalue weighted by Gasteiger charge is 2.31. The molecule has 0 saturated heterocycles. The van der Waals surface area contributed by atoms with Crippen LogP contribution in [0.1, 0.15) is 42.6 Å². The molecule has 2 atom stereocenters. The summed E-state index contributed by atoms with van der Waals surface area (Å²) in [6.45, 7) is 0. The monoisotopic (exact) mass is 269 g/mol. The molecular formula is C11H15N3O3S. The summed E-state index contributed by atoms with van der Waals surface area (Å²) in [5.41, 5.74) is 0.258. The lowest BCUT2D eigenvalue weighted by molar-refractivity contribution is -0.142. The maximum atomic E-state index is 11.9. The Labute approximate surface area is 109 Å². The van der Waals surface area contributed by atoms with E-state index in [9.17, 15) is 14.7 Å². The number of carboxylic acid groups (broad SMARTS) is 1. The summed E-state index contributed by atoms with van der Waals surface area (Å²) in [4.78, 5) is 23.1. The average Bonchev–Trinajstić information content (AvgIpc) is 2.77. The van der Waals surface area contributed by atoms with Crippen molar-refractivity contribution in [1.29, 1.82) is 0 Å². The Kier molecular flexibility index (Phi) is 4.24. The second-order valence-corrected chi connectivity index (χ2v) is 5.01. The summed E-state index contributed by atoms with van der Waals surface area (Å²) >= 11 is 0.964. The van der Waals surface area contributed by atoms with Crippen molar-refractivity contribution in [2.75, 3.05) is 0 Å². The van der Waals surface area contributed by atoms with Gasteiger partial charge in [0.25, 0.3) is 5.91 Å². The van der Waals surface area contributed by atoms with Gasteiger partial charge in [-0.3, -0.25) is 9.59 Å². The smallest absolute Gasteiger partial charge is 0.308 e. The largest absolute Gasteiger partial charge is 0.481 e. The van der Waals surface area contributed by atoms with Gasteiger partial charge in [0.1, 0.15) is 0 Å². The van der Waals surface area contributed by atoms with Crippen LogP contribution < -0.4 is 5.32 Å². The average molecular weight is 269 g/mol. The Hall–Kier alpha value is -1.50.